The summed E-state index contributed by atoms with van der Waals surface area (Å²) in [5.41, 5.74) is 0.492. The van der Waals surface area contributed by atoms with Crippen LogP contribution in [-0.2, 0) is 11.2 Å². The van der Waals surface area contributed by atoms with Crippen molar-refractivity contribution in [1.29, 1.82) is 0 Å². The zero-order valence-corrected chi connectivity index (χ0v) is 13.7. The van der Waals surface area contributed by atoms with Crippen LogP contribution in [0.3, 0.4) is 0 Å². The minimum Gasteiger partial charge on any atom is -0.504 e. The molecule has 0 aromatic heterocycles. The number of phenolic OH excluding ortho intramolecular Hbond substituents is 2. The highest BCUT2D eigenvalue weighted by atomic mass is 16.6. The lowest BCUT2D eigenvalue weighted by molar-refractivity contribution is -0.386. The molecule has 26 heavy (non-hydrogen) atoms. The predicted octanol–water partition coefficient (Wildman–Crippen LogP) is 2.58. The number of nitro groups is 1. The Kier molecular flexibility index (Phi) is 5.41. The molecule has 2 aromatic carbocycles. The van der Waals surface area contributed by atoms with Gasteiger partial charge in [0.15, 0.2) is 5.75 Å². The molecule has 0 fully saturated rings. The largest absolute Gasteiger partial charge is 0.504 e. The number of carboxylic acid groups (broad SMARTS) is 1. The van der Waals surface area contributed by atoms with Gasteiger partial charge in [-0.05, 0) is 42.7 Å². The first-order chi connectivity index (χ1) is 12.2. The van der Waals surface area contributed by atoms with Gasteiger partial charge in [-0.25, -0.2) is 4.79 Å². The van der Waals surface area contributed by atoms with Crippen molar-refractivity contribution in [1.82, 2.24) is 0 Å². The number of nitrogens with zero attached hydrogens (tertiary/aromatic N) is 1. The van der Waals surface area contributed by atoms with E-state index in [9.17, 15) is 29.9 Å². The van der Waals surface area contributed by atoms with Crippen LogP contribution in [-0.4, -0.2) is 32.1 Å². The molecule has 2 aromatic rings. The third-order valence-corrected chi connectivity index (χ3v) is 3.81. The molecule has 0 aliphatic heterocycles. The number of benzene rings is 2. The fourth-order valence-electron chi connectivity index (χ4n) is 2.42. The first kappa shape index (κ1) is 18.7. The van der Waals surface area contributed by atoms with Gasteiger partial charge in [0.25, 0.3) is 0 Å². The van der Waals surface area contributed by atoms with Gasteiger partial charge in [0.1, 0.15) is 0 Å². The number of carboxylic acids is 1. The highest BCUT2D eigenvalue weighted by Gasteiger charge is 2.19. The maximum atomic E-state index is 12.1. The van der Waals surface area contributed by atoms with Crippen LogP contribution in [0.15, 0.2) is 30.3 Å². The molecule has 136 valence electrons. The molecule has 0 saturated carbocycles. The number of aryl methyl sites for hydroxylation is 1. The zero-order valence-electron chi connectivity index (χ0n) is 13.7. The molecular weight excluding hydrogens is 344 g/mol. The molecular formula is C17H16N2O7. The van der Waals surface area contributed by atoms with Crippen molar-refractivity contribution in [3.63, 3.8) is 0 Å². The van der Waals surface area contributed by atoms with Gasteiger partial charge in [0, 0.05) is 18.2 Å². The van der Waals surface area contributed by atoms with E-state index in [-0.39, 0.29) is 18.4 Å². The SMILES string of the molecule is Cc1c(NC(=O)CCc2cc(O)c(O)c([N+](=O)[O-])c2)cccc1C(=O)O. The Balaban J connectivity index is 2.10. The summed E-state index contributed by atoms with van der Waals surface area (Å²) in [5.74, 6) is -3.00. The average Bonchev–Trinajstić information content (AvgIpc) is 2.57. The summed E-state index contributed by atoms with van der Waals surface area (Å²) in [5, 5.41) is 41.5. The van der Waals surface area contributed by atoms with E-state index < -0.39 is 34.0 Å². The summed E-state index contributed by atoms with van der Waals surface area (Å²) in [6, 6.07) is 6.72. The van der Waals surface area contributed by atoms with E-state index in [0.29, 0.717) is 16.8 Å². The van der Waals surface area contributed by atoms with Crippen LogP contribution in [0.2, 0.25) is 0 Å². The molecule has 0 atom stereocenters. The Bertz CT molecular complexity index is 893. The lowest BCUT2D eigenvalue weighted by atomic mass is 10.1. The van der Waals surface area contributed by atoms with E-state index in [1.165, 1.54) is 12.1 Å². The highest BCUT2D eigenvalue weighted by molar-refractivity contribution is 5.96. The topological polar surface area (TPSA) is 150 Å². The van der Waals surface area contributed by atoms with E-state index in [0.717, 1.165) is 12.1 Å². The second-order valence-electron chi connectivity index (χ2n) is 5.57. The Morgan fingerprint density at radius 1 is 1.23 bits per heavy atom. The van der Waals surface area contributed by atoms with E-state index in [1.807, 2.05) is 0 Å². The van der Waals surface area contributed by atoms with Gasteiger partial charge >= 0.3 is 11.7 Å². The van der Waals surface area contributed by atoms with E-state index in [1.54, 1.807) is 13.0 Å². The number of nitro benzene ring substituents is 1. The van der Waals surface area contributed by atoms with Gasteiger partial charge in [-0.15, -0.1) is 0 Å². The molecule has 0 radical (unpaired) electrons. The summed E-state index contributed by atoms with van der Waals surface area (Å²) < 4.78 is 0. The minimum atomic E-state index is -1.11. The molecule has 0 bridgehead atoms. The normalized spacial score (nSPS) is 10.3. The number of anilines is 1. The molecule has 4 N–H and O–H groups in total. The standard InChI is InChI=1S/C17H16N2O7/c1-9-11(17(23)24)3-2-4-12(9)18-15(21)6-5-10-7-13(19(25)26)16(22)14(20)8-10/h2-4,7-8,20,22H,5-6H2,1H3,(H,18,21)(H,23,24). The summed E-state index contributed by atoms with van der Waals surface area (Å²) in [6.07, 6.45) is 0.0241. The lowest BCUT2D eigenvalue weighted by Crippen LogP contribution is -2.14. The maximum Gasteiger partial charge on any atom is 0.336 e. The summed E-state index contributed by atoms with van der Waals surface area (Å²) in [7, 11) is 0. The third-order valence-electron chi connectivity index (χ3n) is 3.81. The number of hydrogen-bond acceptors (Lipinski definition) is 6. The second kappa shape index (κ2) is 7.51. The number of aromatic carboxylic acids is 1. The molecule has 0 aliphatic rings. The number of rotatable bonds is 6. The van der Waals surface area contributed by atoms with Crippen molar-refractivity contribution in [3.05, 3.63) is 57.1 Å². The van der Waals surface area contributed by atoms with Crippen molar-refractivity contribution in [2.45, 2.75) is 19.8 Å². The number of carbonyl (C=O) groups is 2. The summed E-state index contributed by atoms with van der Waals surface area (Å²) in [6.45, 7) is 1.57. The molecule has 0 unspecified atom stereocenters. The maximum absolute atomic E-state index is 12.1. The molecule has 1 amide bonds. The van der Waals surface area contributed by atoms with Crippen LogP contribution in [0.5, 0.6) is 11.5 Å². The van der Waals surface area contributed by atoms with Gasteiger partial charge in [-0.1, -0.05) is 6.07 Å². The Labute approximate surface area is 147 Å². The number of phenols is 2. The van der Waals surface area contributed by atoms with Crippen molar-refractivity contribution in [3.8, 4) is 11.5 Å². The van der Waals surface area contributed by atoms with Crippen LogP contribution in [0.4, 0.5) is 11.4 Å². The number of amides is 1. The van der Waals surface area contributed by atoms with Crippen LogP contribution in [0, 0.1) is 17.0 Å². The predicted molar refractivity (Wildman–Crippen MR) is 91.5 cm³/mol. The summed E-state index contributed by atoms with van der Waals surface area (Å²) >= 11 is 0. The molecule has 9 heteroatoms. The average molecular weight is 360 g/mol. The van der Waals surface area contributed by atoms with Gasteiger partial charge in [-0.3, -0.25) is 14.9 Å². The first-order valence-electron chi connectivity index (χ1n) is 7.52. The second-order valence-corrected chi connectivity index (χ2v) is 5.57. The van der Waals surface area contributed by atoms with Crippen molar-refractivity contribution >= 4 is 23.3 Å². The molecule has 0 heterocycles. The fourth-order valence-corrected chi connectivity index (χ4v) is 2.42. The molecule has 0 spiro atoms. The van der Waals surface area contributed by atoms with Crippen LogP contribution >= 0.6 is 0 Å². The van der Waals surface area contributed by atoms with Crippen LogP contribution in [0.1, 0.15) is 27.9 Å². The molecule has 9 nitrogen and oxygen atoms in total. The smallest absolute Gasteiger partial charge is 0.336 e. The van der Waals surface area contributed by atoms with Gasteiger partial charge in [0.05, 0.1) is 10.5 Å². The number of hydrogen-bond donors (Lipinski definition) is 4. The van der Waals surface area contributed by atoms with E-state index >= 15 is 0 Å². The third kappa shape index (κ3) is 4.07. The number of aromatic hydroxyl groups is 2. The monoisotopic (exact) mass is 360 g/mol. The first-order valence-corrected chi connectivity index (χ1v) is 7.52. The van der Waals surface area contributed by atoms with Crippen molar-refractivity contribution < 1.29 is 29.8 Å². The minimum absolute atomic E-state index is 0.0574. The van der Waals surface area contributed by atoms with E-state index in [4.69, 9.17) is 5.11 Å². The number of nitrogens with one attached hydrogen (secondary N) is 1. The molecule has 0 aliphatic carbocycles. The Morgan fingerprint density at radius 3 is 2.54 bits per heavy atom. The zero-order chi connectivity index (χ0) is 19.4. The Hall–Kier alpha value is -3.62. The summed E-state index contributed by atoms with van der Waals surface area (Å²) in [4.78, 5) is 33.2. The highest BCUT2D eigenvalue weighted by Crippen LogP contribution is 2.36. The quantitative estimate of drug-likeness (QED) is 0.351. The Morgan fingerprint density at radius 2 is 1.92 bits per heavy atom. The molecule has 2 rings (SSSR count). The number of carbonyl (C=O) groups excluding carboxylic acids is 1. The molecule has 0 saturated heterocycles. The van der Waals surface area contributed by atoms with Crippen LogP contribution in [0.25, 0.3) is 0 Å². The van der Waals surface area contributed by atoms with E-state index in [2.05, 4.69) is 5.32 Å². The van der Waals surface area contributed by atoms with Gasteiger partial charge in [-0.2, -0.15) is 0 Å². The van der Waals surface area contributed by atoms with Gasteiger partial charge < -0.3 is 20.6 Å². The van der Waals surface area contributed by atoms with Gasteiger partial charge in [0.2, 0.25) is 11.7 Å². The fraction of sp³-hybridized carbons (Fsp3) is 0.176. The van der Waals surface area contributed by atoms with Crippen LogP contribution < -0.4 is 5.32 Å². The lowest BCUT2D eigenvalue weighted by Gasteiger charge is -2.10. The van der Waals surface area contributed by atoms with Crippen molar-refractivity contribution in [2.75, 3.05) is 5.32 Å². The van der Waals surface area contributed by atoms with Crippen molar-refractivity contribution in [2.24, 2.45) is 0 Å².